The van der Waals surface area contributed by atoms with Crippen molar-refractivity contribution in [2.24, 2.45) is 0 Å². The van der Waals surface area contributed by atoms with Crippen LogP contribution in [0.15, 0.2) is 0 Å². The minimum atomic E-state index is -0.412. The van der Waals surface area contributed by atoms with Crippen LogP contribution in [0.4, 0.5) is 0 Å². The summed E-state index contributed by atoms with van der Waals surface area (Å²) in [5.74, 6) is 2.24. The highest BCUT2D eigenvalue weighted by molar-refractivity contribution is 7.75. The Kier molecular flexibility index (Phi) is 115. The summed E-state index contributed by atoms with van der Waals surface area (Å²) in [5, 5.41) is 0. The van der Waals surface area contributed by atoms with Gasteiger partial charge in [-0.2, -0.15) is 0 Å². The predicted octanol–water partition coefficient (Wildman–Crippen LogP) is 14.8. The molecule has 0 amide bonds. The summed E-state index contributed by atoms with van der Waals surface area (Å²) in [4.78, 5) is 0. The summed E-state index contributed by atoms with van der Waals surface area (Å²) in [5.41, 5.74) is 0. The molecule has 0 fully saturated rings. The molecular weight excluding hydrogens is 1090 g/mol. The highest BCUT2D eigenvalue weighted by Crippen LogP contribution is 2.53. The molecule has 0 rings (SSSR count). The number of halogens is 3. The van der Waals surface area contributed by atoms with Gasteiger partial charge in [-0.25, -0.2) is 0 Å². The van der Waals surface area contributed by atoms with Gasteiger partial charge in [0.05, 0.1) is 182 Å². The molecule has 0 radical (unpaired) electrons. The van der Waals surface area contributed by atoms with Gasteiger partial charge >= 0.3 is 0 Å². The van der Waals surface area contributed by atoms with Crippen LogP contribution >= 0.6 is 49.3 Å². The Bertz CT molecular complexity index is 859. The van der Waals surface area contributed by atoms with Crippen LogP contribution in [-0.4, -0.2) is 303 Å². The van der Waals surface area contributed by atoms with E-state index in [1.165, 1.54) is 149 Å². The van der Waals surface area contributed by atoms with Gasteiger partial charge in [0.25, 0.3) is 0 Å². The largest absolute Gasteiger partial charge is 0.870 e. The van der Waals surface area contributed by atoms with Crippen LogP contribution in [0.25, 0.3) is 0 Å². The van der Waals surface area contributed by atoms with Crippen molar-refractivity contribution in [3.8, 4) is 0 Å². The highest BCUT2D eigenvalue weighted by Gasteiger charge is 2.23. The fourth-order valence-corrected chi connectivity index (χ4v) is 8.61. The monoisotopic (exact) mass is 1240 g/mol. The zero-order valence-corrected chi connectivity index (χ0v) is 62.6. The van der Waals surface area contributed by atoms with E-state index in [1.54, 1.807) is 0 Å². The van der Waals surface area contributed by atoms with E-state index in [4.69, 9.17) is 34.8 Å². The molecule has 0 aliphatic carbocycles. The van der Waals surface area contributed by atoms with E-state index in [9.17, 15) is 0 Å². The first-order valence-corrected chi connectivity index (χ1v) is 37.1. The van der Waals surface area contributed by atoms with Crippen molar-refractivity contribution in [1.29, 1.82) is 0 Å². The van der Waals surface area contributed by atoms with Crippen molar-refractivity contribution in [3.63, 3.8) is 0 Å². The molecule has 500 valence electrons. The average Bonchev–Trinajstić information content (AvgIpc) is 3.26. The molecule has 0 unspecified atom stereocenters. The number of unbranched alkanes of at least 4 members (excludes halogenated alkanes) is 3. The lowest BCUT2D eigenvalue weighted by Crippen LogP contribution is -2.46. The second kappa shape index (κ2) is 74.3. The minimum absolute atomic E-state index is 0. The summed E-state index contributed by atoms with van der Waals surface area (Å²) in [6.45, 7) is 54.5. The second-order valence-corrected chi connectivity index (χ2v) is 37.4. The van der Waals surface area contributed by atoms with E-state index < -0.39 is 7.26 Å². The predicted molar refractivity (Wildman–Crippen MR) is 360 cm³/mol. The van der Waals surface area contributed by atoms with E-state index in [0.717, 1.165) is 70.0 Å². The maximum Gasteiger partial charge on any atom is 0.0796 e. The Morgan fingerprint density at radius 1 is 0.256 bits per heavy atom. The second-order valence-electron chi connectivity index (χ2n) is 25.7. The van der Waals surface area contributed by atoms with E-state index in [0.29, 0.717) is 0 Å². The van der Waals surface area contributed by atoms with Gasteiger partial charge in [0.2, 0.25) is 0 Å². The molecule has 0 aromatic heterocycles. The van der Waals surface area contributed by atoms with Gasteiger partial charge in [-0.05, 0) is 80.1 Å². The van der Waals surface area contributed by atoms with Gasteiger partial charge in [-0.1, -0.05) is 60.8 Å². The molecule has 0 saturated heterocycles. The number of rotatable bonds is 30. The third kappa shape index (κ3) is 120. The van der Waals surface area contributed by atoms with Crippen LogP contribution in [0.2, 0.25) is 0 Å². The van der Waals surface area contributed by atoms with Crippen LogP contribution in [0.3, 0.4) is 0 Å². The normalized spacial score (nSPS) is 10.8. The molecule has 0 aliphatic heterocycles. The molecule has 19 heteroatoms. The summed E-state index contributed by atoms with van der Waals surface area (Å²) < 4.78 is 6.87. The van der Waals surface area contributed by atoms with Crippen molar-refractivity contribution in [3.05, 3.63) is 0 Å². The lowest BCUT2D eigenvalue weighted by atomic mass is 10.2. The van der Waals surface area contributed by atoms with Gasteiger partial charge < -0.3 is 70.7 Å². The lowest BCUT2D eigenvalue weighted by Gasteiger charge is -2.34. The zero-order valence-electron chi connectivity index (χ0n) is 58.5. The van der Waals surface area contributed by atoms with Gasteiger partial charge in [0.15, 0.2) is 0 Å². The quantitative estimate of drug-likeness (QED) is 0.0380. The highest BCUT2D eigenvalue weighted by atomic mass is 35.5. The minimum Gasteiger partial charge on any atom is -0.870 e. The fourth-order valence-electron chi connectivity index (χ4n) is 6.91. The van der Waals surface area contributed by atoms with Gasteiger partial charge in [-0.3, -0.25) is 0 Å². The van der Waals surface area contributed by atoms with E-state index >= 15 is 0 Å². The van der Waals surface area contributed by atoms with Crippen LogP contribution in [0.5, 0.6) is 0 Å². The van der Waals surface area contributed by atoms with Gasteiger partial charge in [0.1, 0.15) is 0 Å². The van der Waals surface area contributed by atoms with Crippen molar-refractivity contribution in [2.45, 2.75) is 160 Å². The van der Waals surface area contributed by atoms with Crippen molar-refractivity contribution in [1.82, 2.24) is 0 Å². The summed E-state index contributed by atoms with van der Waals surface area (Å²) in [6, 6.07) is 0. The standard InChI is InChI=1S/C13H30N.C10H21Cl3N.C10H24N.C7H18N.C7H18P.2C4H12N.C4H12P.8H2O/c1-5-8-11-14(4,12-9-6-2)13-10-7-3;1-14(8-2-5-11,9-3-6-12)10-4-7-13;1-5-8-11(4,9-6-2)10-7-3;2*1-5-8(4,6-2)7-3;3*1-5(2,3)4;;;;;;;;/h5-13H2,1-4H3;2-10H2,1H3;5-10H2,1-4H3;2*5-7H2,1-4H3;3*1-4H3;8*1H2/q8*+1;;;;;;;;/p-8. The fraction of sp³-hybridized carbons (Fsp3) is 1.00. The molecule has 0 saturated carbocycles. The van der Waals surface area contributed by atoms with Gasteiger partial charge in [-0.15, -0.1) is 34.8 Å². The van der Waals surface area contributed by atoms with Gasteiger partial charge in [0, 0.05) is 84.8 Å². The third-order valence-electron chi connectivity index (χ3n) is 12.5. The Morgan fingerprint density at radius 3 is 0.500 bits per heavy atom. The Labute approximate surface area is 510 Å². The summed E-state index contributed by atoms with van der Waals surface area (Å²) in [7, 11) is 25.6. The molecule has 0 atom stereocenters. The SMILES string of the molecule is CCCC[N+](C)(CCCC)CCCC.CCC[N+](C)(CCC)CCC.CC[N+](C)(CC)CC.CC[P+](C)(CC)CC.C[N+](C)(C)C.C[N+](C)(C)C.C[N+](CCCCl)(CCCCl)CCCCl.C[P+](C)(C)C.[OH-].[OH-].[OH-].[OH-].[OH-].[OH-].[OH-].[OH-]. The molecule has 0 heterocycles. The van der Waals surface area contributed by atoms with Crippen molar-refractivity contribution in [2.75, 3.05) is 233 Å². The molecule has 0 aliphatic rings. The third-order valence-corrected chi connectivity index (χ3v) is 17.9. The van der Waals surface area contributed by atoms with Crippen molar-refractivity contribution >= 4 is 49.3 Å². The molecule has 8 N–H and O–H groups in total. The van der Waals surface area contributed by atoms with E-state index in [2.05, 4.69) is 201 Å². The van der Waals surface area contributed by atoms with Crippen LogP contribution in [-0.2, 0) is 0 Å². The number of alkyl halides is 3. The number of hydrogen-bond acceptors (Lipinski definition) is 8. The first-order chi connectivity index (χ1) is 31.9. The Balaban J connectivity index is -0.0000000407. The number of quaternary nitrogens is 6. The summed E-state index contributed by atoms with van der Waals surface area (Å²) >= 11 is 17.1. The van der Waals surface area contributed by atoms with Crippen LogP contribution in [0.1, 0.15) is 160 Å². The molecule has 0 bridgehead atoms. The van der Waals surface area contributed by atoms with Crippen LogP contribution in [0, 0.1) is 0 Å². The van der Waals surface area contributed by atoms with Crippen LogP contribution < -0.4 is 0 Å². The molecule has 14 nitrogen and oxygen atoms in total. The average molecular weight is 1250 g/mol. The first-order valence-electron chi connectivity index (χ1n) is 29.1. The molecule has 0 aromatic carbocycles. The maximum absolute atomic E-state index is 5.71. The molecule has 0 spiro atoms. The Morgan fingerprint density at radius 2 is 0.410 bits per heavy atom. The van der Waals surface area contributed by atoms with Crippen molar-refractivity contribution < 1.29 is 70.7 Å². The number of hydrogen-bond donors (Lipinski definition) is 0. The molecular formula is C59H155Cl3N6O8P2. The van der Waals surface area contributed by atoms with E-state index in [1.807, 2.05) is 0 Å². The summed E-state index contributed by atoms with van der Waals surface area (Å²) in [6.07, 6.45) is 19.7. The van der Waals surface area contributed by atoms with E-state index in [-0.39, 0.29) is 51.1 Å². The number of nitrogens with zero attached hydrogens (tertiary/aromatic N) is 6. The lowest BCUT2D eigenvalue weighted by molar-refractivity contribution is -0.910. The molecule has 78 heavy (non-hydrogen) atoms. The smallest absolute Gasteiger partial charge is 0.0796 e. The first kappa shape index (κ1) is 121. The molecule has 0 aromatic rings. The maximum atomic E-state index is 5.71. The zero-order chi connectivity index (χ0) is 57.2. The Hall–Kier alpha value is 1.17. The topological polar surface area (TPSA) is 240 Å².